The van der Waals surface area contributed by atoms with Gasteiger partial charge in [-0.3, -0.25) is 0 Å². The second-order valence-corrected chi connectivity index (χ2v) is 4.51. The smallest absolute Gasteiger partial charge is 0.380 e. The lowest BCUT2D eigenvalue weighted by Crippen LogP contribution is -2.23. The summed E-state index contributed by atoms with van der Waals surface area (Å²) in [6.45, 7) is 1.14. The molecule has 0 saturated carbocycles. The number of rotatable bonds is 2. The van der Waals surface area contributed by atoms with E-state index in [0.29, 0.717) is 13.1 Å². The number of halogens is 4. The predicted molar refractivity (Wildman–Crippen MR) is 61.9 cm³/mol. The molecule has 1 aromatic heterocycles. The standard InChI is InChI=1S/C11H12ClF3N2O/c1-18-8-2-3-17(6-8)10-5-7(11(13,14)15)4-9(12)16-10/h4-5,8H,2-3,6H2,1H3. The van der Waals surface area contributed by atoms with Gasteiger partial charge in [-0.15, -0.1) is 0 Å². The molecule has 3 nitrogen and oxygen atoms in total. The second-order valence-electron chi connectivity index (χ2n) is 4.13. The molecule has 1 fully saturated rings. The lowest BCUT2D eigenvalue weighted by Gasteiger charge is -2.19. The van der Waals surface area contributed by atoms with Gasteiger partial charge in [0.2, 0.25) is 0 Å². The van der Waals surface area contributed by atoms with E-state index in [1.807, 2.05) is 0 Å². The van der Waals surface area contributed by atoms with Crippen molar-refractivity contribution in [1.82, 2.24) is 4.98 Å². The first-order valence-electron chi connectivity index (χ1n) is 5.42. The molecule has 2 rings (SSSR count). The van der Waals surface area contributed by atoms with Crippen LogP contribution in [-0.2, 0) is 10.9 Å². The average molecular weight is 281 g/mol. The van der Waals surface area contributed by atoms with E-state index in [9.17, 15) is 13.2 Å². The van der Waals surface area contributed by atoms with Crippen LogP contribution in [0, 0.1) is 0 Å². The lowest BCUT2D eigenvalue weighted by molar-refractivity contribution is -0.137. The van der Waals surface area contributed by atoms with Gasteiger partial charge in [-0.2, -0.15) is 13.2 Å². The summed E-state index contributed by atoms with van der Waals surface area (Å²) in [5.74, 6) is 0.245. The third-order valence-electron chi connectivity index (χ3n) is 2.91. The Morgan fingerprint density at radius 1 is 1.44 bits per heavy atom. The molecule has 0 aromatic carbocycles. The summed E-state index contributed by atoms with van der Waals surface area (Å²) < 4.78 is 43.1. The number of alkyl halides is 3. The molecule has 0 aliphatic carbocycles. The van der Waals surface area contributed by atoms with E-state index in [0.717, 1.165) is 18.6 Å². The van der Waals surface area contributed by atoms with Crippen LogP contribution >= 0.6 is 11.6 Å². The van der Waals surface area contributed by atoms with E-state index in [1.165, 1.54) is 0 Å². The van der Waals surface area contributed by atoms with E-state index in [4.69, 9.17) is 16.3 Å². The largest absolute Gasteiger partial charge is 0.416 e. The third kappa shape index (κ3) is 2.87. The van der Waals surface area contributed by atoms with Gasteiger partial charge < -0.3 is 9.64 Å². The minimum Gasteiger partial charge on any atom is -0.380 e. The van der Waals surface area contributed by atoms with E-state index < -0.39 is 11.7 Å². The normalized spacial score (nSPS) is 20.5. The van der Waals surface area contributed by atoms with E-state index >= 15 is 0 Å². The maximum absolute atomic E-state index is 12.6. The zero-order valence-electron chi connectivity index (χ0n) is 9.67. The summed E-state index contributed by atoms with van der Waals surface area (Å²) in [5.41, 5.74) is -0.779. The molecule has 0 amide bonds. The first-order chi connectivity index (χ1) is 8.40. The summed E-state index contributed by atoms with van der Waals surface area (Å²) in [4.78, 5) is 5.68. The average Bonchev–Trinajstić information content (AvgIpc) is 2.75. The number of pyridine rings is 1. The molecular weight excluding hydrogens is 269 g/mol. The molecule has 1 atom stereocenters. The Morgan fingerprint density at radius 3 is 2.72 bits per heavy atom. The Labute approximate surface area is 108 Å². The van der Waals surface area contributed by atoms with Crippen molar-refractivity contribution in [3.63, 3.8) is 0 Å². The maximum atomic E-state index is 12.6. The summed E-state index contributed by atoms with van der Waals surface area (Å²) in [7, 11) is 1.58. The SMILES string of the molecule is COC1CCN(c2cc(C(F)(F)F)cc(Cl)n2)C1. The fourth-order valence-electron chi connectivity index (χ4n) is 1.94. The van der Waals surface area contributed by atoms with Gasteiger partial charge in [-0.25, -0.2) is 4.98 Å². The Balaban J connectivity index is 2.26. The van der Waals surface area contributed by atoms with Crippen LogP contribution in [0.3, 0.4) is 0 Å². The van der Waals surface area contributed by atoms with Gasteiger partial charge in [0, 0.05) is 20.2 Å². The van der Waals surface area contributed by atoms with Gasteiger partial charge in [0.1, 0.15) is 11.0 Å². The van der Waals surface area contributed by atoms with Crippen LogP contribution in [0.15, 0.2) is 12.1 Å². The minimum atomic E-state index is -4.41. The monoisotopic (exact) mass is 280 g/mol. The van der Waals surface area contributed by atoms with E-state index in [-0.39, 0.29) is 17.1 Å². The number of aromatic nitrogens is 1. The second kappa shape index (κ2) is 4.93. The van der Waals surface area contributed by atoms with Crippen LogP contribution < -0.4 is 4.90 Å². The molecule has 0 bridgehead atoms. The van der Waals surface area contributed by atoms with Gasteiger partial charge in [0.15, 0.2) is 0 Å². The van der Waals surface area contributed by atoms with Crippen LogP contribution in [0.1, 0.15) is 12.0 Å². The number of ether oxygens (including phenoxy) is 1. The van der Waals surface area contributed by atoms with Crippen molar-refractivity contribution in [2.24, 2.45) is 0 Å². The molecule has 0 spiro atoms. The zero-order valence-corrected chi connectivity index (χ0v) is 10.4. The van der Waals surface area contributed by atoms with Gasteiger partial charge in [-0.1, -0.05) is 11.6 Å². The number of anilines is 1. The highest BCUT2D eigenvalue weighted by Gasteiger charge is 2.33. The molecule has 1 aliphatic heterocycles. The van der Waals surface area contributed by atoms with Gasteiger partial charge in [0.25, 0.3) is 0 Å². The fourth-order valence-corrected chi connectivity index (χ4v) is 2.14. The van der Waals surface area contributed by atoms with E-state index in [1.54, 1.807) is 12.0 Å². The molecule has 1 aromatic rings. The number of methoxy groups -OCH3 is 1. The molecule has 1 saturated heterocycles. The quantitative estimate of drug-likeness (QED) is 0.779. The third-order valence-corrected chi connectivity index (χ3v) is 3.10. The first-order valence-corrected chi connectivity index (χ1v) is 5.80. The summed E-state index contributed by atoms with van der Waals surface area (Å²) in [5, 5.41) is -0.152. The summed E-state index contributed by atoms with van der Waals surface area (Å²) in [6, 6.07) is 1.85. The number of nitrogens with zero attached hydrogens (tertiary/aromatic N) is 2. The van der Waals surface area contributed by atoms with Crippen LogP contribution in [-0.4, -0.2) is 31.3 Å². The highest BCUT2D eigenvalue weighted by molar-refractivity contribution is 6.29. The Kier molecular flexibility index (Phi) is 3.68. The highest BCUT2D eigenvalue weighted by atomic mass is 35.5. The summed E-state index contributed by atoms with van der Waals surface area (Å²) >= 11 is 5.64. The van der Waals surface area contributed by atoms with Crippen LogP contribution in [0.4, 0.5) is 19.0 Å². The molecule has 0 radical (unpaired) electrons. The molecule has 2 heterocycles. The fraction of sp³-hybridized carbons (Fsp3) is 0.545. The zero-order chi connectivity index (χ0) is 13.3. The van der Waals surface area contributed by atoms with Crippen LogP contribution in [0.2, 0.25) is 5.15 Å². The van der Waals surface area contributed by atoms with Gasteiger partial charge in [-0.05, 0) is 18.6 Å². The van der Waals surface area contributed by atoms with Crippen molar-refractivity contribution in [1.29, 1.82) is 0 Å². The molecule has 18 heavy (non-hydrogen) atoms. The topological polar surface area (TPSA) is 25.4 Å². The Bertz CT molecular complexity index is 439. The van der Waals surface area contributed by atoms with Crippen molar-refractivity contribution >= 4 is 17.4 Å². The van der Waals surface area contributed by atoms with Crippen molar-refractivity contribution in [2.75, 3.05) is 25.1 Å². The van der Waals surface area contributed by atoms with Gasteiger partial charge >= 0.3 is 6.18 Å². The predicted octanol–water partition coefficient (Wildman–Crippen LogP) is 2.98. The van der Waals surface area contributed by atoms with E-state index in [2.05, 4.69) is 4.98 Å². The lowest BCUT2D eigenvalue weighted by atomic mass is 10.2. The molecule has 0 N–H and O–H groups in total. The Hall–Kier alpha value is -1.01. The molecule has 7 heteroatoms. The summed E-state index contributed by atoms with van der Waals surface area (Å²) in [6.07, 6.45) is -3.62. The van der Waals surface area contributed by atoms with Crippen molar-refractivity contribution in [3.05, 3.63) is 22.8 Å². The highest BCUT2D eigenvalue weighted by Crippen LogP contribution is 2.33. The van der Waals surface area contributed by atoms with Gasteiger partial charge in [0.05, 0.1) is 11.7 Å². The van der Waals surface area contributed by atoms with Crippen molar-refractivity contribution in [3.8, 4) is 0 Å². The first kappa shape index (κ1) is 13.4. The minimum absolute atomic E-state index is 0.0279. The maximum Gasteiger partial charge on any atom is 0.416 e. The molecule has 100 valence electrons. The molecular formula is C11H12ClF3N2O. The Morgan fingerprint density at radius 2 is 2.17 bits per heavy atom. The van der Waals surface area contributed by atoms with Crippen LogP contribution in [0.5, 0.6) is 0 Å². The van der Waals surface area contributed by atoms with Crippen LogP contribution in [0.25, 0.3) is 0 Å². The molecule has 1 aliphatic rings. The number of hydrogen-bond donors (Lipinski definition) is 0. The number of hydrogen-bond acceptors (Lipinski definition) is 3. The van der Waals surface area contributed by atoms with Crippen molar-refractivity contribution < 1.29 is 17.9 Å². The van der Waals surface area contributed by atoms with Crippen molar-refractivity contribution in [2.45, 2.75) is 18.7 Å². The molecule has 1 unspecified atom stereocenters.